The van der Waals surface area contributed by atoms with Crippen molar-refractivity contribution in [3.63, 3.8) is 0 Å². The van der Waals surface area contributed by atoms with Gasteiger partial charge in [0.05, 0.1) is 18.1 Å². The Balaban J connectivity index is 1.81. The van der Waals surface area contributed by atoms with Gasteiger partial charge in [-0.25, -0.2) is 14.6 Å². The molecule has 0 spiro atoms. The lowest BCUT2D eigenvalue weighted by molar-refractivity contribution is 0.608. The van der Waals surface area contributed by atoms with Gasteiger partial charge in [0.25, 0.3) is 0 Å². The second-order valence-corrected chi connectivity index (χ2v) is 4.68. The van der Waals surface area contributed by atoms with Crippen molar-refractivity contribution in [1.29, 1.82) is 0 Å². The van der Waals surface area contributed by atoms with Crippen LogP contribution in [0.2, 0.25) is 0 Å². The second kappa shape index (κ2) is 4.92. The van der Waals surface area contributed by atoms with Gasteiger partial charge in [-0.3, -0.25) is 4.68 Å². The summed E-state index contributed by atoms with van der Waals surface area (Å²) < 4.78 is 4.20. The fourth-order valence-corrected chi connectivity index (χ4v) is 2.42. The third kappa shape index (κ3) is 2.28. The van der Waals surface area contributed by atoms with Crippen molar-refractivity contribution in [1.82, 2.24) is 34.7 Å². The van der Waals surface area contributed by atoms with Crippen LogP contribution < -0.4 is 5.32 Å². The normalized spacial score (nSPS) is 11.1. The summed E-state index contributed by atoms with van der Waals surface area (Å²) in [6.07, 6.45) is 4.99. The fraction of sp³-hybridized carbons (Fsp3) is 0.300. The highest BCUT2D eigenvalue weighted by Crippen LogP contribution is 2.26. The predicted octanol–water partition coefficient (Wildman–Crippen LogP) is 0.829. The van der Waals surface area contributed by atoms with Gasteiger partial charge < -0.3 is 5.32 Å². The van der Waals surface area contributed by atoms with E-state index >= 15 is 0 Å². The zero-order chi connectivity index (χ0) is 13.2. The van der Waals surface area contributed by atoms with Crippen LogP contribution in [0.1, 0.15) is 0 Å². The fourth-order valence-electron chi connectivity index (χ4n) is 1.82. The summed E-state index contributed by atoms with van der Waals surface area (Å²) in [6.45, 7) is 1.40. The maximum atomic E-state index is 4.27. The molecule has 0 bridgehead atoms. The Bertz CT molecular complexity index is 689. The molecule has 3 aromatic rings. The smallest absolute Gasteiger partial charge is 0.164 e. The maximum Gasteiger partial charge on any atom is 0.164 e. The molecule has 0 atom stereocenters. The van der Waals surface area contributed by atoms with E-state index in [1.54, 1.807) is 15.6 Å². The minimum Gasteiger partial charge on any atom is -0.367 e. The first kappa shape index (κ1) is 12.0. The highest BCUT2D eigenvalue weighted by Gasteiger charge is 2.12. The summed E-state index contributed by atoms with van der Waals surface area (Å²) in [4.78, 5) is 8.46. The quantitative estimate of drug-likeness (QED) is 0.765. The summed E-state index contributed by atoms with van der Waals surface area (Å²) >= 11 is 3.42. The van der Waals surface area contributed by atoms with Crippen LogP contribution >= 0.6 is 15.9 Å². The lowest BCUT2D eigenvalue weighted by Gasteiger charge is -2.06. The standard InChI is InChI=1S/C10H11BrN8/c1-18-10-7(8(11)16-18)9(13-6-14-10)12-2-4-19-5-3-15-17-19/h3,5-6H,2,4H2,1H3,(H,12,13,14). The summed E-state index contributed by atoms with van der Waals surface area (Å²) in [5, 5.41) is 16.1. The number of hydrogen-bond acceptors (Lipinski definition) is 6. The number of aryl methyl sites for hydroxylation is 1. The van der Waals surface area contributed by atoms with Crippen molar-refractivity contribution in [2.24, 2.45) is 7.05 Å². The van der Waals surface area contributed by atoms with E-state index in [-0.39, 0.29) is 0 Å². The van der Waals surface area contributed by atoms with Crippen molar-refractivity contribution in [3.05, 3.63) is 23.3 Å². The number of nitrogens with zero attached hydrogens (tertiary/aromatic N) is 7. The average Bonchev–Trinajstić information content (AvgIpc) is 3.00. The van der Waals surface area contributed by atoms with Gasteiger partial charge in [-0.2, -0.15) is 5.10 Å². The molecule has 19 heavy (non-hydrogen) atoms. The third-order valence-corrected chi connectivity index (χ3v) is 3.24. The van der Waals surface area contributed by atoms with E-state index in [0.717, 1.165) is 21.5 Å². The maximum absolute atomic E-state index is 4.27. The zero-order valence-electron chi connectivity index (χ0n) is 10.2. The van der Waals surface area contributed by atoms with Gasteiger partial charge >= 0.3 is 0 Å². The summed E-state index contributed by atoms with van der Waals surface area (Å²) in [5.41, 5.74) is 0.783. The summed E-state index contributed by atoms with van der Waals surface area (Å²) in [7, 11) is 1.85. The molecule has 3 heterocycles. The molecule has 1 N–H and O–H groups in total. The zero-order valence-corrected chi connectivity index (χ0v) is 11.7. The summed E-state index contributed by atoms with van der Waals surface area (Å²) in [6, 6.07) is 0. The van der Waals surface area contributed by atoms with E-state index < -0.39 is 0 Å². The largest absolute Gasteiger partial charge is 0.367 e. The van der Waals surface area contributed by atoms with Crippen molar-refractivity contribution in [2.45, 2.75) is 6.54 Å². The molecule has 0 aromatic carbocycles. The average molecular weight is 323 g/mol. The van der Waals surface area contributed by atoms with Crippen LogP contribution in [-0.4, -0.2) is 41.3 Å². The Kier molecular flexibility index (Phi) is 3.11. The molecule has 0 aliphatic carbocycles. The number of anilines is 1. The van der Waals surface area contributed by atoms with Gasteiger partial charge in [0.1, 0.15) is 16.7 Å². The molecule has 0 amide bonds. The number of nitrogens with one attached hydrogen (secondary N) is 1. The monoisotopic (exact) mass is 322 g/mol. The molecule has 0 aliphatic heterocycles. The molecule has 0 saturated carbocycles. The number of halogens is 1. The SMILES string of the molecule is Cn1nc(Br)c2c(NCCn3ccnn3)ncnc21. The van der Waals surface area contributed by atoms with Gasteiger partial charge in [0.2, 0.25) is 0 Å². The van der Waals surface area contributed by atoms with E-state index in [9.17, 15) is 0 Å². The van der Waals surface area contributed by atoms with E-state index in [1.165, 1.54) is 6.33 Å². The van der Waals surface area contributed by atoms with Crippen LogP contribution in [0.5, 0.6) is 0 Å². The number of rotatable bonds is 4. The van der Waals surface area contributed by atoms with Crippen LogP contribution in [0.25, 0.3) is 11.0 Å². The van der Waals surface area contributed by atoms with Gasteiger partial charge in [0.15, 0.2) is 5.65 Å². The molecule has 98 valence electrons. The molecule has 3 aromatic heterocycles. The van der Waals surface area contributed by atoms with Crippen LogP contribution in [-0.2, 0) is 13.6 Å². The Labute approximate surface area is 117 Å². The Morgan fingerprint density at radius 1 is 1.37 bits per heavy atom. The van der Waals surface area contributed by atoms with E-state index in [1.807, 2.05) is 13.2 Å². The topological polar surface area (TPSA) is 86.3 Å². The Morgan fingerprint density at radius 3 is 3.05 bits per heavy atom. The minimum absolute atomic E-state index is 0.691. The number of hydrogen-bond donors (Lipinski definition) is 1. The van der Waals surface area contributed by atoms with Gasteiger partial charge in [0, 0.05) is 19.8 Å². The molecule has 0 unspecified atom stereocenters. The van der Waals surface area contributed by atoms with E-state index in [4.69, 9.17) is 0 Å². The first-order valence-electron chi connectivity index (χ1n) is 5.67. The number of fused-ring (bicyclic) bond motifs is 1. The molecule has 3 rings (SSSR count). The van der Waals surface area contributed by atoms with E-state index in [2.05, 4.69) is 46.6 Å². The highest BCUT2D eigenvalue weighted by molar-refractivity contribution is 9.10. The minimum atomic E-state index is 0.691. The van der Waals surface area contributed by atoms with Crippen molar-refractivity contribution in [3.8, 4) is 0 Å². The molecule has 0 aliphatic rings. The van der Waals surface area contributed by atoms with E-state index in [0.29, 0.717) is 13.1 Å². The van der Waals surface area contributed by atoms with Gasteiger partial charge in [-0.15, -0.1) is 5.10 Å². The molecule has 0 fully saturated rings. The first-order valence-corrected chi connectivity index (χ1v) is 6.46. The molecular formula is C10H11BrN8. The summed E-state index contributed by atoms with van der Waals surface area (Å²) in [5.74, 6) is 0.755. The molecule has 0 saturated heterocycles. The first-order chi connectivity index (χ1) is 9.25. The number of aromatic nitrogens is 7. The third-order valence-electron chi connectivity index (χ3n) is 2.68. The second-order valence-electron chi connectivity index (χ2n) is 3.93. The Morgan fingerprint density at radius 2 is 2.26 bits per heavy atom. The van der Waals surface area contributed by atoms with Crippen molar-refractivity contribution >= 4 is 32.8 Å². The molecule has 8 nitrogen and oxygen atoms in total. The molecule has 9 heteroatoms. The van der Waals surface area contributed by atoms with Crippen LogP contribution in [0, 0.1) is 0 Å². The lowest BCUT2D eigenvalue weighted by atomic mass is 10.4. The predicted molar refractivity (Wildman–Crippen MR) is 72.5 cm³/mol. The van der Waals surface area contributed by atoms with Crippen LogP contribution in [0.3, 0.4) is 0 Å². The lowest BCUT2D eigenvalue weighted by Crippen LogP contribution is -2.12. The van der Waals surface area contributed by atoms with Crippen molar-refractivity contribution in [2.75, 3.05) is 11.9 Å². The van der Waals surface area contributed by atoms with Crippen LogP contribution in [0.15, 0.2) is 23.3 Å². The molecule has 0 radical (unpaired) electrons. The highest BCUT2D eigenvalue weighted by atomic mass is 79.9. The van der Waals surface area contributed by atoms with Gasteiger partial charge in [-0.1, -0.05) is 5.21 Å². The van der Waals surface area contributed by atoms with Crippen LogP contribution in [0.4, 0.5) is 5.82 Å². The van der Waals surface area contributed by atoms with Crippen molar-refractivity contribution < 1.29 is 0 Å². The van der Waals surface area contributed by atoms with Gasteiger partial charge in [-0.05, 0) is 15.9 Å². The molecular weight excluding hydrogens is 312 g/mol. The Hall–Kier alpha value is -2.03.